The van der Waals surface area contributed by atoms with E-state index in [0.29, 0.717) is 12.1 Å². The number of rotatable bonds is 2. The summed E-state index contributed by atoms with van der Waals surface area (Å²) in [6, 6.07) is 1.87. The van der Waals surface area contributed by atoms with Gasteiger partial charge in [-0.2, -0.15) is 4.98 Å². The van der Waals surface area contributed by atoms with Crippen molar-refractivity contribution in [2.45, 2.75) is 12.5 Å². The van der Waals surface area contributed by atoms with Gasteiger partial charge in [-0.15, -0.1) is 0 Å². The number of anilines is 2. The molecule has 1 aromatic rings. The molecule has 0 amide bonds. The van der Waals surface area contributed by atoms with Gasteiger partial charge in [0, 0.05) is 26.4 Å². The van der Waals surface area contributed by atoms with Gasteiger partial charge in [0.1, 0.15) is 5.82 Å². The van der Waals surface area contributed by atoms with Crippen molar-refractivity contribution < 1.29 is 4.74 Å². The second-order valence-electron chi connectivity index (χ2n) is 3.37. The summed E-state index contributed by atoms with van der Waals surface area (Å²) >= 11 is 0. The lowest BCUT2D eigenvalue weighted by Crippen LogP contribution is -2.23. The van der Waals surface area contributed by atoms with Crippen LogP contribution in [0.3, 0.4) is 0 Å². The molecule has 1 aliphatic heterocycles. The first-order chi connectivity index (χ1) is 6.79. The average molecular weight is 194 g/mol. The van der Waals surface area contributed by atoms with Crippen LogP contribution in [0.15, 0.2) is 12.3 Å². The van der Waals surface area contributed by atoms with E-state index in [9.17, 15) is 0 Å². The maximum Gasteiger partial charge on any atom is 0.221 e. The number of methoxy groups -OCH3 is 1. The van der Waals surface area contributed by atoms with Gasteiger partial charge >= 0.3 is 0 Å². The molecular weight excluding hydrogens is 180 g/mol. The summed E-state index contributed by atoms with van der Waals surface area (Å²) in [5.74, 6) is 1.21. The van der Waals surface area contributed by atoms with E-state index in [2.05, 4.69) is 14.9 Å². The standard InChI is InChI=1S/C9H14N4O/c1-14-7-3-5-13(6-7)8-2-4-11-9(10)12-8/h2,4,7H,3,5-6H2,1H3,(H2,10,11,12). The fraction of sp³-hybridized carbons (Fsp3) is 0.556. The highest BCUT2D eigenvalue weighted by Gasteiger charge is 2.22. The molecule has 14 heavy (non-hydrogen) atoms. The predicted octanol–water partition coefficient (Wildman–Crippen LogP) is 0.284. The minimum absolute atomic E-state index is 0.311. The molecule has 0 bridgehead atoms. The van der Waals surface area contributed by atoms with E-state index in [1.165, 1.54) is 0 Å². The topological polar surface area (TPSA) is 64.3 Å². The Morgan fingerprint density at radius 3 is 3.14 bits per heavy atom. The van der Waals surface area contributed by atoms with Crippen LogP contribution in [-0.4, -0.2) is 36.3 Å². The Bertz CT molecular complexity index is 317. The zero-order valence-electron chi connectivity index (χ0n) is 8.18. The molecule has 2 rings (SSSR count). The van der Waals surface area contributed by atoms with Gasteiger partial charge < -0.3 is 15.4 Å². The zero-order chi connectivity index (χ0) is 9.97. The molecule has 2 N–H and O–H groups in total. The molecule has 5 heteroatoms. The SMILES string of the molecule is COC1CCN(c2ccnc(N)n2)C1. The smallest absolute Gasteiger partial charge is 0.221 e. The highest BCUT2D eigenvalue weighted by Crippen LogP contribution is 2.19. The van der Waals surface area contributed by atoms with Gasteiger partial charge in [0.15, 0.2) is 0 Å². The molecule has 0 saturated carbocycles. The molecule has 1 aromatic heterocycles. The third kappa shape index (κ3) is 1.77. The third-order valence-electron chi connectivity index (χ3n) is 2.46. The van der Waals surface area contributed by atoms with Crippen LogP contribution in [0.1, 0.15) is 6.42 Å². The molecule has 1 saturated heterocycles. The summed E-state index contributed by atoms with van der Waals surface area (Å²) in [6.45, 7) is 1.85. The van der Waals surface area contributed by atoms with Gasteiger partial charge in [0.2, 0.25) is 5.95 Å². The number of hydrogen-bond donors (Lipinski definition) is 1. The van der Waals surface area contributed by atoms with Crippen molar-refractivity contribution in [3.05, 3.63) is 12.3 Å². The van der Waals surface area contributed by atoms with E-state index in [1.807, 2.05) is 6.07 Å². The first kappa shape index (κ1) is 9.21. The van der Waals surface area contributed by atoms with Crippen molar-refractivity contribution >= 4 is 11.8 Å². The lowest BCUT2D eigenvalue weighted by atomic mass is 10.3. The summed E-state index contributed by atoms with van der Waals surface area (Å²) in [6.07, 6.45) is 3.03. The highest BCUT2D eigenvalue weighted by molar-refractivity contribution is 5.42. The predicted molar refractivity (Wildman–Crippen MR) is 54.1 cm³/mol. The van der Waals surface area contributed by atoms with Crippen molar-refractivity contribution in [1.29, 1.82) is 0 Å². The van der Waals surface area contributed by atoms with E-state index in [-0.39, 0.29) is 0 Å². The van der Waals surface area contributed by atoms with Crippen LogP contribution >= 0.6 is 0 Å². The monoisotopic (exact) mass is 194 g/mol. The molecule has 76 valence electrons. The molecule has 0 aromatic carbocycles. The van der Waals surface area contributed by atoms with E-state index < -0.39 is 0 Å². The molecule has 2 heterocycles. The van der Waals surface area contributed by atoms with Gasteiger partial charge in [-0.25, -0.2) is 4.98 Å². The first-order valence-corrected chi connectivity index (χ1v) is 4.66. The van der Waals surface area contributed by atoms with Crippen LogP contribution in [0.5, 0.6) is 0 Å². The molecule has 0 radical (unpaired) electrons. The lowest BCUT2D eigenvalue weighted by Gasteiger charge is -2.16. The molecule has 1 fully saturated rings. The van der Waals surface area contributed by atoms with Crippen LogP contribution in [0, 0.1) is 0 Å². The van der Waals surface area contributed by atoms with Crippen LogP contribution in [-0.2, 0) is 4.74 Å². The zero-order valence-corrected chi connectivity index (χ0v) is 8.18. The lowest BCUT2D eigenvalue weighted by molar-refractivity contribution is 0.121. The fourth-order valence-electron chi connectivity index (χ4n) is 1.67. The van der Waals surface area contributed by atoms with Gasteiger partial charge in [-0.3, -0.25) is 0 Å². The van der Waals surface area contributed by atoms with E-state index in [0.717, 1.165) is 25.3 Å². The van der Waals surface area contributed by atoms with Crippen molar-refractivity contribution in [3.63, 3.8) is 0 Å². The Hall–Kier alpha value is -1.36. The number of nitrogens with zero attached hydrogens (tertiary/aromatic N) is 3. The Labute approximate surface area is 82.9 Å². The Morgan fingerprint density at radius 1 is 1.64 bits per heavy atom. The van der Waals surface area contributed by atoms with Crippen molar-refractivity contribution in [1.82, 2.24) is 9.97 Å². The number of hydrogen-bond acceptors (Lipinski definition) is 5. The summed E-state index contributed by atoms with van der Waals surface area (Å²) < 4.78 is 5.28. The van der Waals surface area contributed by atoms with Crippen molar-refractivity contribution in [2.75, 3.05) is 30.8 Å². The number of nitrogen functional groups attached to an aromatic ring is 1. The second kappa shape index (κ2) is 3.79. The van der Waals surface area contributed by atoms with Crippen LogP contribution in [0.25, 0.3) is 0 Å². The normalized spacial score (nSPS) is 21.5. The summed E-state index contributed by atoms with van der Waals surface area (Å²) in [4.78, 5) is 10.2. The number of aromatic nitrogens is 2. The molecular formula is C9H14N4O. The fourth-order valence-corrected chi connectivity index (χ4v) is 1.67. The summed E-state index contributed by atoms with van der Waals surface area (Å²) in [5, 5.41) is 0. The van der Waals surface area contributed by atoms with Crippen LogP contribution in [0.4, 0.5) is 11.8 Å². The Morgan fingerprint density at radius 2 is 2.50 bits per heavy atom. The largest absolute Gasteiger partial charge is 0.380 e. The van der Waals surface area contributed by atoms with E-state index in [4.69, 9.17) is 10.5 Å². The third-order valence-corrected chi connectivity index (χ3v) is 2.46. The minimum atomic E-state index is 0.311. The van der Waals surface area contributed by atoms with Crippen molar-refractivity contribution in [2.24, 2.45) is 0 Å². The Balaban J connectivity index is 2.09. The minimum Gasteiger partial charge on any atom is -0.380 e. The van der Waals surface area contributed by atoms with Crippen LogP contribution < -0.4 is 10.6 Å². The summed E-state index contributed by atoms with van der Waals surface area (Å²) in [5.41, 5.74) is 5.51. The molecule has 0 spiro atoms. The van der Waals surface area contributed by atoms with Gasteiger partial charge in [0.25, 0.3) is 0 Å². The molecule has 1 atom stereocenters. The van der Waals surface area contributed by atoms with E-state index in [1.54, 1.807) is 13.3 Å². The van der Waals surface area contributed by atoms with Gasteiger partial charge in [-0.1, -0.05) is 0 Å². The first-order valence-electron chi connectivity index (χ1n) is 4.66. The maximum absolute atomic E-state index is 5.51. The van der Waals surface area contributed by atoms with E-state index >= 15 is 0 Å². The number of ether oxygens (including phenoxy) is 1. The quantitative estimate of drug-likeness (QED) is 0.732. The molecule has 5 nitrogen and oxygen atoms in total. The number of nitrogens with two attached hydrogens (primary N) is 1. The molecule has 1 unspecified atom stereocenters. The van der Waals surface area contributed by atoms with Gasteiger partial charge in [0.05, 0.1) is 6.10 Å². The average Bonchev–Trinajstić information content (AvgIpc) is 2.66. The Kier molecular flexibility index (Phi) is 2.49. The molecule has 0 aliphatic carbocycles. The maximum atomic E-state index is 5.51. The van der Waals surface area contributed by atoms with Crippen LogP contribution in [0.2, 0.25) is 0 Å². The second-order valence-corrected chi connectivity index (χ2v) is 3.37. The highest BCUT2D eigenvalue weighted by atomic mass is 16.5. The summed E-state index contributed by atoms with van der Waals surface area (Å²) in [7, 11) is 1.74. The van der Waals surface area contributed by atoms with Crippen molar-refractivity contribution in [3.8, 4) is 0 Å². The van der Waals surface area contributed by atoms with Gasteiger partial charge in [-0.05, 0) is 12.5 Å². The molecule has 1 aliphatic rings.